The van der Waals surface area contributed by atoms with Crippen molar-refractivity contribution in [3.8, 4) is 0 Å². The monoisotopic (exact) mass is 254 g/mol. The molecule has 1 rings (SSSR count). The first kappa shape index (κ1) is 16.0. The third kappa shape index (κ3) is 4.89. The van der Waals surface area contributed by atoms with Gasteiger partial charge in [-0.3, -0.25) is 0 Å². The maximum atomic E-state index is 5.75. The highest BCUT2D eigenvalue weighted by molar-refractivity contribution is 4.79. The van der Waals surface area contributed by atoms with E-state index in [9.17, 15) is 0 Å². The van der Waals surface area contributed by atoms with E-state index in [2.05, 4.69) is 32.6 Å². The molecular formula is C16H34N2. The van der Waals surface area contributed by atoms with Gasteiger partial charge in [-0.25, -0.2) is 0 Å². The summed E-state index contributed by atoms with van der Waals surface area (Å²) in [6.45, 7) is 12.9. The normalized spacial score (nSPS) is 23.5. The van der Waals surface area contributed by atoms with Crippen LogP contribution in [0.3, 0.4) is 0 Å². The highest BCUT2D eigenvalue weighted by Gasteiger charge is 2.25. The molecule has 0 saturated carbocycles. The Balaban J connectivity index is 2.30. The summed E-state index contributed by atoms with van der Waals surface area (Å²) in [4.78, 5) is 2.71. The molecule has 18 heavy (non-hydrogen) atoms. The fraction of sp³-hybridized carbons (Fsp3) is 1.00. The lowest BCUT2D eigenvalue weighted by Gasteiger charge is -2.31. The van der Waals surface area contributed by atoms with Crippen LogP contribution in [0.5, 0.6) is 0 Å². The van der Waals surface area contributed by atoms with E-state index >= 15 is 0 Å². The van der Waals surface area contributed by atoms with Crippen LogP contribution < -0.4 is 5.73 Å². The molecule has 0 aromatic heterocycles. The van der Waals surface area contributed by atoms with Gasteiger partial charge >= 0.3 is 0 Å². The van der Waals surface area contributed by atoms with Crippen molar-refractivity contribution in [2.45, 2.75) is 72.3 Å². The zero-order chi connectivity index (χ0) is 13.6. The van der Waals surface area contributed by atoms with Crippen LogP contribution in [0.1, 0.15) is 66.2 Å². The Bertz CT molecular complexity index is 220. The zero-order valence-corrected chi connectivity index (χ0v) is 13.0. The number of likely N-dealkylation sites (tertiary alicyclic amines) is 1. The second kappa shape index (κ2) is 7.49. The van der Waals surface area contributed by atoms with Crippen molar-refractivity contribution < 1.29 is 0 Å². The average molecular weight is 254 g/mol. The van der Waals surface area contributed by atoms with E-state index in [4.69, 9.17) is 5.73 Å². The molecule has 1 saturated heterocycles. The molecule has 0 radical (unpaired) electrons. The van der Waals surface area contributed by atoms with Gasteiger partial charge in [-0.05, 0) is 69.5 Å². The van der Waals surface area contributed by atoms with Crippen LogP contribution in [0.25, 0.3) is 0 Å². The second-order valence-electron chi connectivity index (χ2n) is 7.02. The minimum atomic E-state index is 0.411. The van der Waals surface area contributed by atoms with Gasteiger partial charge < -0.3 is 10.6 Å². The van der Waals surface area contributed by atoms with E-state index in [0.717, 1.165) is 18.5 Å². The van der Waals surface area contributed by atoms with Gasteiger partial charge in [0.2, 0.25) is 0 Å². The fourth-order valence-corrected chi connectivity index (χ4v) is 3.40. The van der Waals surface area contributed by atoms with Crippen LogP contribution in [0.4, 0.5) is 0 Å². The lowest BCUT2D eigenvalue weighted by Crippen LogP contribution is -2.31. The molecule has 0 amide bonds. The maximum absolute atomic E-state index is 5.75. The van der Waals surface area contributed by atoms with Gasteiger partial charge in [0.15, 0.2) is 0 Å². The molecule has 2 atom stereocenters. The van der Waals surface area contributed by atoms with E-state index in [1.54, 1.807) is 0 Å². The first-order valence-electron chi connectivity index (χ1n) is 7.93. The summed E-state index contributed by atoms with van der Waals surface area (Å²) < 4.78 is 0. The largest absolute Gasteiger partial charge is 0.330 e. The van der Waals surface area contributed by atoms with Crippen molar-refractivity contribution in [1.29, 1.82) is 0 Å². The predicted molar refractivity (Wildman–Crippen MR) is 80.7 cm³/mol. The van der Waals surface area contributed by atoms with Gasteiger partial charge in [0.25, 0.3) is 0 Å². The summed E-state index contributed by atoms with van der Waals surface area (Å²) >= 11 is 0. The van der Waals surface area contributed by atoms with E-state index in [1.165, 1.54) is 51.6 Å². The van der Waals surface area contributed by atoms with Gasteiger partial charge in [-0.15, -0.1) is 0 Å². The Morgan fingerprint density at radius 1 is 1.28 bits per heavy atom. The number of hydrogen-bond donors (Lipinski definition) is 1. The summed E-state index contributed by atoms with van der Waals surface area (Å²) in [5.74, 6) is 0.783. The Kier molecular flexibility index (Phi) is 6.65. The number of hydrogen-bond acceptors (Lipinski definition) is 2. The van der Waals surface area contributed by atoms with E-state index in [-0.39, 0.29) is 0 Å². The Morgan fingerprint density at radius 3 is 2.56 bits per heavy atom. The van der Waals surface area contributed by atoms with Crippen molar-refractivity contribution >= 4 is 0 Å². The van der Waals surface area contributed by atoms with Crippen LogP contribution in [0.2, 0.25) is 0 Å². The minimum absolute atomic E-state index is 0.411. The molecule has 1 heterocycles. The molecule has 0 aromatic rings. The van der Waals surface area contributed by atoms with Gasteiger partial charge in [0.1, 0.15) is 0 Å². The molecule has 2 N–H and O–H groups in total. The minimum Gasteiger partial charge on any atom is -0.330 e. The van der Waals surface area contributed by atoms with Gasteiger partial charge in [-0.2, -0.15) is 0 Å². The quantitative estimate of drug-likeness (QED) is 0.751. The molecule has 1 aliphatic heterocycles. The van der Waals surface area contributed by atoms with Crippen molar-refractivity contribution in [3.05, 3.63) is 0 Å². The van der Waals surface area contributed by atoms with Crippen LogP contribution in [-0.2, 0) is 0 Å². The standard InChI is InChI=1S/C16H34N2/c1-5-15-9-7-13-18(15)12-6-8-14(10-11-17)16(2,3)4/h14-15H,5-13,17H2,1-4H3. The summed E-state index contributed by atoms with van der Waals surface area (Å²) in [7, 11) is 0. The molecule has 0 aliphatic carbocycles. The molecule has 2 unspecified atom stereocenters. The van der Waals surface area contributed by atoms with Crippen LogP contribution in [-0.4, -0.2) is 30.6 Å². The zero-order valence-electron chi connectivity index (χ0n) is 13.0. The molecule has 0 aromatic carbocycles. The lowest BCUT2D eigenvalue weighted by molar-refractivity contribution is 0.187. The van der Waals surface area contributed by atoms with Gasteiger partial charge in [0, 0.05) is 6.04 Å². The molecular weight excluding hydrogens is 220 g/mol. The van der Waals surface area contributed by atoms with Crippen molar-refractivity contribution in [2.24, 2.45) is 17.1 Å². The number of rotatable bonds is 7. The van der Waals surface area contributed by atoms with Crippen molar-refractivity contribution in [2.75, 3.05) is 19.6 Å². The molecule has 1 aliphatic rings. The summed E-state index contributed by atoms with van der Waals surface area (Å²) in [5, 5.41) is 0. The Hall–Kier alpha value is -0.0800. The van der Waals surface area contributed by atoms with Gasteiger partial charge in [0.05, 0.1) is 0 Å². The topological polar surface area (TPSA) is 29.3 Å². The molecule has 108 valence electrons. The van der Waals surface area contributed by atoms with Crippen LogP contribution >= 0.6 is 0 Å². The first-order chi connectivity index (χ1) is 8.49. The third-order valence-electron chi connectivity index (χ3n) is 4.71. The highest BCUT2D eigenvalue weighted by atomic mass is 15.2. The average Bonchev–Trinajstić information content (AvgIpc) is 2.74. The van der Waals surface area contributed by atoms with Crippen molar-refractivity contribution in [1.82, 2.24) is 4.90 Å². The second-order valence-corrected chi connectivity index (χ2v) is 7.02. The van der Waals surface area contributed by atoms with Crippen molar-refractivity contribution in [3.63, 3.8) is 0 Å². The molecule has 1 fully saturated rings. The van der Waals surface area contributed by atoms with Crippen LogP contribution in [0, 0.1) is 11.3 Å². The Labute approximate surface area is 114 Å². The SMILES string of the molecule is CCC1CCCN1CCCC(CCN)C(C)(C)C. The first-order valence-corrected chi connectivity index (χ1v) is 7.93. The molecule has 2 nitrogen and oxygen atoms in total. The van der Waals surface area contributed by atoms with Gasteiger partial charge in [-0.1, -0.05) is 27.7 Å². The molecule has 0 bridgehead atoms. The molecule has 0 spiro atoms. The predicted octanol–water partition coefficient (Wildman–Crippen LogP) is 3.65. The fourth-order valence-electron chi connectivity index (χ4n) is 3.40. The van der Waals surface area contributed by atoms with E-state index in [0.29, 0.717) is 5.41 Å². The Morgan fingerprint density at radius 2 is 2.00 bits per heavy atom. The summed E-state index contributed by atoms with van der Waals surface area (Å²) in [6, 6.07) is 0.868. The van der Waals surface area contributed by atoms with E-state index < -0.39 is 0 Å². The van der Waals surface area contributed by atoms with Crippen LogP contribution in [0.15, 0.2) is 0 Å². The number of nitrogens with zero attached hydrogens (tertiary/aromatic N) is 1. The summed E-state index contributed by atoms with van der Waals surface area (Å²) in [5.41, 5.74) is 6.16. The van der Waals surface area contributed by atoms with E-state index in [1.807, 2.05) is 0 Å². The highest BCUT2D eigenvalue weighted by Crippen LogP contribution is 2.32. The smallest absolute Gasteiger partial charge is 0.00931 e. The number of nitrogens with two attached hydrogens (primary N) is 1. The lowest BCUT2D eigenvalue weighted by atomic mass is 9.76. The summed E-state index contributed by atoms with van der Waals surface area (Å²) in [6.07, 6.45) is 8.02. The maximum Gasteiger partial charge on any atom is 0.00931 e. The molecule has 2 heteroatoms. The third-order valence-corrected chi connectivity index (χ3v) is 4.71.